The third-order valence-corrected chi connectivity index (χ3v) is 4.84. The molecule has 1 unspecified atom stereocenters. The van der Waals surface area contributed by atoms with Gasteiger partial charge in [0.25, 0.3) is 0 Å². The largest absolute Gasteiger partial charge is 0.329 e. The van der Waals surface area contributed by atoms with Gasteiger partial charge in [0.05, 0.1) is 5.69 Å². The molecule has 2 rings (SSSR count). The average Bonchev–Trinajstić information content (AvgIpc) is 2.41. The minimum atomic E-state index is -3.76. The minimum Gasteiger partial charge on any atom is -0.329 e. The van der Waals surface area contributed by atoms with Crippen molar-refractivity contribution in [2.75, 3.05) is 17.8 Å². The van der Waals surface area contributed by atoms with Gasteiger partial charge in [-0.3, -0.25) is 4.72 Å². The van der Waals surface area contributed by atoms with Crippen LogP contribution in [0.1, 0.15) is 19.3 Å². The van der Waals surface area contributed by atoms with Crippen LogP contribution >= 0.6 is 0 Å². The summed E-state index contributed by atoms with van der Waals surface area (Å²) in [6.45, 7) is 0.698. The molecule has 1 saturated heterocycles. The highest BCUT2D eigenvalue weighted by Crippen LogP contribution is 2.22. The second-order valence-electron chi connectivity index (χ2n) is 4.58. The first-order valence-electron chi connectivity index (χ1n) is 6.29. The van der Waals surface area contributed by atoms with Crippen molar-refractivity contribution in [2.24, 2.45) is 5.73 Å². The van der Waals surface area contributed by atoms with E-state index < -0.39 is 16.0 Å². The zero-order valence-corrected chi connectivity index (χ0v) is 11.4. The predicted octanol–water partition coefficient (Wildman–Crippen LogP) is 1.30. The maximum atomic E-state index is 13.5. The molecule has 0 aliphatic carbocycles. The molecule has 1 aliphatic rings. The Labute approximate surface area is 112 Å². The van der Waals surface area contributed by atoms with Gasteiger partial charge in [0.1, 0.15) is 5.82 Å². The van der Waals surface area contributed by atoms with E-state index >= 15 is 0 Å². The van der Waals surface area contributed by atoms with Crippen molar-refractivity contribution in [1.82, 2.24) is 4.31 Å². The van der Waals surface area contributed by atoms with Gasteiger partial charge in [-0.1, -0.05) is 18.6 Å². The highest BCUT2D eigenvalue weighted by atomic mass is 32.2. The van der Waals surface area contributed by atoms with Gasteiger partial charge < -0.3 is 5.73 Å². The number of nitrogens with one attached hydrogen (secondary N) is 1. The summed E-state index contributed by atoms with van der Waals surface area (Å²) in [5.41, 5.74) is 5.57. The van der Waals surface area contributed by atoms with Gasteiger partial charge in [-0.05, 0) is 25.0 Å². The van der Waals surface area contributed by atoms with E-state index in [0.717, 1.165) is 19.3 Å². The summed E-state index contributed by atoms with van der Waals surface area (Å²) in [6, 6.07) is 5.50. The Kier molecular flexibility index (Phi) is 4.38. The first-order valence-corrected chi connectivity index (χ1v) is 7.73. The number of piperidine rings is 1. The Morgan fingerprint density at radius 2 is 2.11 bits per heavy atom. The lowest BCUT2D eigenvalue weighted by molar-refractivity contribution is 0.259. The Balaban J connectivity index is 2.20. The molecule has 0 spiro atoms. The van der Waals surface area contributed by atoms with Gasteiger partial charge in [-0.15, -0.1) is 0 Å². The van der Waals surface area contributed by atoms with Gasteiger partial charge in [0.15, 0.2) is 0 Å². The van der Waals surface area contributed by atoms with Gasteiger partial charge in [-0.25, -0.2) is 4.39 Å². The Morgan fingerprint density at radius 1 is 1.37 bits per heavy atom. The molecule has 7 heteroatoms. The van der Waals surface area contributed by atoms with E-state index in [0.29, 0.717) is 6.54 Å². The van der Waals surface area contributed by atoms with Crippen molar-refractivity contribution < 1.29 is 12.8 Å². The van der Waals surface area contributed by atoms with Gasteiger partial charge in [0, 0.05) is 19.1 Å². The molecule has 1 atom stereocenters. The van der Waals surface area contributed by atoms with Crippen molar-refractivity contribution in [1.29, 1.82) is 0 Å². The fraction of sp³-hybridized carbons (Fsp3) is 0.500. The van der Waals surface area contributed by atoms with Crippen LogP contribution in [-0.4, -0.2) is 31.9 Å². The normalized spacial score (nSPS) is 21.3. The van der Waals surface area contributed by atoms with Gasteiger partial charge in [-0.2, -0.15) is 12.7 Å². The molecule has 5 nitrogen and oxygen atoms in total. The Morgan fingerprint density at radius 3 is 2.79 bits per heavy atom. The number of anilines is 1. The monoisotopic (exact) mass is 287 g/mol. The predicted molar refractivity (Wildman–Crippen MR) is 72.3 cm³/mol. The van der Waals surface area contributed by atoms with E-state index in [1.807, 2.05) is 0 Å². The van der Waals surface area contributed by atoms with Crippen LogP contribution in [0.5, 0.6) is 0 Å². The smallest absolute Gasteiger partial charge is 0.302 e. The molecule has 0 saturated carbocycles. The molecule has 106 valence electrons. The third-order valence-electron chi connectivity index (χ3n) is 3.27. The summed E-state index contributed by atoms with van der Waals surface area (Å²) in [6.07, 6.45) is 2.51. The molecule has 1 heterocycles. The van der Waals surface area contributed by atoms with Crippen LogP contribution in [0.2, 0.25) is 0 Å². The lowest BCUT2D eigenvalue weighted by atomic mass is 10.1. The minimum absolute atomic E-state index is 0.0381. The molecule has 0 amide bonds. The third kappa shape index (κ3) is 3.23. The fourth-order valence-corrected chi connectivity index (χ4v) is 3.78. The standard InChI is InChI=1S/C12H18FN3O2S/c13-11-6-1-2-7-12(11)15-19(17,18)16-8-4-3-5-10(16)9-14/h1-2,6-7,10,15H,3-5,8-9,14H2. The number of hydrogen-bond acceptors (Lipinski definition) is 3. The molecule has 1 aromatic carbocycles. The highest BCUT2D eigenvalue weighted by molar-refractivity contribution is 7.90. The van der Waals surface area contributed by atoms with E-state index in [4.69, 9.17) is 5.73 Å². The number of benzene rings is 1. The van der Waals surface area contributed by atoms with Crippen LogP contribution in [-0.2, 0) is 10.2 Å². The van der Waals surface area contributed by atoms with Crippen LogP contribution in [0.4, 0.5) is 10.1 Å². The molecular weight excluding hydrogens is 269 g/mol. The molecule has 0 radical (unpaired) electrons. The Hall–Kier alpha value is -1.18. The van der Waals surface area contributed by atoms with E-state index in [2.05, 4.69) is 4.72 Å². The number of nitrogens with zero attached hydrogens (tertiary/aromatic N) is 1. The summed E-state index contributed by atoms with van der Waals surface area (Å²) in [5, 5.41) is 0. The molecule has 0 bridgehead atoms. The lowest BCUT2D eigenvalue weighted by Crippen LogP contribution is -2.49. The van der Waals surface area contributed by atoms with Crippen LogP contribution in [0.15, 0.2) is 24.3 Å². The summed E-state index contributed by atoms with van der Waals surface area (Å²) >= 11 is 0. The van der Waals surface area contributed by atoms with Crippen molar-refractivity contribution in [3.63, 3.8) is 0 Å². The SMILES string of the molecule is NCC1CCCCN1S(=O)(=O)Nc1ccccc1F. The zero-order valence-electron chi connectivity index (χ0n) is 10.5. The summed E-state index contributed by atoms with van der Waals surface area (Å²) in [5.74, 6) is -0.590. The molecule has 3 N–H and O–H groups in total. The summed E-state index contributed by atoms with van der Waals surface area (Å²) in [7, 11) is -3.76. The quantitative estimate of drug-likeness (QED) is 0.876. The summed E-state index contributed by atoms with van der Waals surface area (Å²) in [4.78, 5) is 0. The first-order chi connectivity index (χ1) is 9.04. The molecule has 1 fully saturated rings. The van der Waals surface area contributed by atoms with E-state index in [1.165, 1.54) is 22.5 Å². The lowest BCUT2D eigenvalue weighted by Gasteiger charge is -2.33. The molecular formula is C12H18FN3O2S. The number of halogens is 1. The molecule has 19 heavy (non-hydrogen) atoms. The van der Waals surface area contributed by atoms with Gasteiger partial charge >= 0.3 is 10.2 Å². The Bertz CT molecular complexity index is 536. The fourth-order valence-electron chi connectivity index (χ4n) is 2.27. The second-order valence-corrected chi connectivity index (χ2v) is 6.21. The summed E-state index contributed by atoms with van der Waals surface area (Å²) < 4.78 is 41.7. The number of rotatable bonds is 4. The van der Waals surface area contributed by atoms with Crippen molar-refractivity contribution in [3.8, 4) is 0 Å². The number of nitrogens with two attached hydrogens (primary N) is 1. The average molecular weight is 287 g/mol. The van der Waals surface area contributed by atoms with Crippen LogP contribution in [0.3, 0.4) is 0 Å². The number of para-hydroxylation sites is 1. The van der Waals surface area contributed by atoms with E-state index in [1.54, 1.807) is 6.07 Å². The molecule has 0 aromatic heterocycles. The number of hydrogen-bond donors (Lipinski definition) is 2. The zero-order chi connectivity index (χ0) is 13.9. The van der Waals surface area contributed by atoms with Crippen molar-refractivity contribution in [3.05, 3.63) is 30.1 Å². The first kappa shape index (κ1) is 14.2. The van der Waals surface area contributed by atoms with Gasteiger partial charge in [0.2, 0.25) is 0 Å². The molecule has 1 aromatic rings. The van der Waals surface area contributed by atoms with Crippen molar-refractivity contribution >= 4 is 15.9 Å². The molecule has 1 aliphatic heterocycles. The highest BCUT2D eigenvalue weighted by Gasteiger charge is 2.31. The van der Waals surface area contributed by atoms with Crippen molar-refractivity contribution in [2.45, 2.75) is 25.3 Å². The topological polar surface area (TPSA) is 75.4 Å². The van der Waals surface area contributed by atoms with E-state index in [9.17, 15) is 12.8 Å². The second kappa shape index (κ2) is 5.85. The van der Waals surface area contributed by atoms with Crippen LogP contribution in [0.25, 0.3) is 0 Å². The van der Waals surface area contributed by atoms with Crippen LogP contribution in [0, 0.1) is 5.82 Å². The van der Waals surface area contributed by atoms with Crippen LogP contribution < -0.4 is 10.5 Å². The maximum Gasteiger partial charge on any atom is 0.302 e. The maximum absolute atomic E-state index is 13.5. The van der Waals surface area contributed by atoms with E-state index in [-0.39, 0.29) is 18.3 Å².